The van der Waals surface area contributed by atoms with Crippen molar-refractivity contribution in [3.63, 3.8) is 0 Å². The molecule has 2 heterocycles. The van der Waals surface area contributed by atoms with E-state index < -0.39 is 0 Å². The summed E-state index contributed by atoms with van der Waals surface area (Å²) in [6.45, 7) is 5.68. The van der Waals surface area contributed by atoms with E-state index in [1.54, 1.807) is 12.3 Å². The van der Waals surface area contributed by atoms with Crippen molar-refractivity contribution in [3.8, 4) is 5.88 Å². The minimum absolute atomic E-state index is 0.0443. The second-order valence-corrected chi connectivity index (χ2v) is 7.97. The first-order chi connectivity index (χ1) is 12.7. The first-order valence-electron chi connectivity index (χ1n) is 10.4. The number of likely N-dealkylation sites (tertiary alicyclic amines) is 1. The van der Waals surface area contributed by atoms with Gasteiger partial charge in [0.1, 0.15) is 11.9 Å². The van der Waals surface area contributed by atoms with Crippen molar-refractivity contribution in [2.24, 2.45) is 11.8 Å². The van der Waals surface area contributed by atoms with Gasteiger partial charge in [-0.25, -0.2) is 4.98 Å². The van der Waals surface area contributed by atoms with Gasteiger partial charge in [0.05, 0.1) is 6.54 Å². The van der Waals surface area contributed by atoms with E-state index in [-0.39, 0.29) is 12.0 Å². The normalized spacial score (nSPS) is 26.5. The summed E-state index contributed by atoms with van der Waals surface area (Å²) in [5, 5.41) is 0. The Hall–Kier alpha value is -1.65. The van der Waals surface area contributed by atoms with Gasteiger partial charge in [-0.05, 0) is 51.4 Å². The fourth-order valence-corrected chi connectivity index (χ4v) is 4.35. The molecule has 1 saturated heterocycles. The topological polar surface area (TPSA) is 55.3 Å². The highest BCUT2D eigenvalue weighted by Crippen LogP contribution is 2.33. The van der Waals surface area contributed by atoms with Crippen LogP contribution in [0, 0.1) is 18.8 Å². The van der Waals surface area contributed by atoms with E-state index in [1.807, 2.05) is 11.8 Å². The SMILES string of the molecule is CCCCC1CCC(C(=O)N2CCCC(Oc3ccnc(C)n3)C2)CC1. The van der Waals surface area contributed by atoms with Crippen LogP contribution in [-0.4, -0.2) is 40.0 Å². The number of carbonyl (C=O) groups excluding carboxylic acids is 1. The van der Waals surface area contributed by atoms with Crippen molar-refractivity contribution in [2.45, 2.75) is 77.7 Å². The largest absolute Gasteiger partial charge is 0.472 e. The Kier molecular flexibility index (Phi) is 6.86. The van der Waals surface area contributed by atoms with Crippen LogP contribution in [0.5, 0.6) is 5.88 Å². The molecule has 0 N–H and O–H groups in total. The summed E-state index contributed by atoms with van der Waals surface area (Å²) in [6, 6.07) is 1.80. The molecule has 0 radical (unpaired) electrons. The third-order valence-electron chi connectivity index (χ3n) is 5.89. The molecule has 1 unspecified atom stereocenters. The van der Waals surface area contributed by atoms with E-state index in [1.165, 1.54) is 32.1 Å². The highest BCUT2D eigenvalue weighted by Gasteiger charge is 2.32. The quantitative estimate of drug-likeness (QED) is 0.765. The van der Waals surface area contributed by atoms with Gasteiger partial charge in [-0.3, -0.25) is 4.79 Å². The average molecular weight is 360 g/mol. The zero-order valence-electron chi connectivity index (χ0n) is 16.3. The fourth-order valence-electron chi connectivity index (χ4n) is 4.35. The molecule has 1 amide bonds. The van der Waals surface area contributed by atoms with Crippen LogP contribution < -0.4 is 4.74 Å². The summed E-state index contributed by atoms with van der Waals surface area (Å²) in [5.41, 5.74) is 0. The highest BCUT2D eigenvalue weighted by atomic mass is 16.5. The van der Waals surface area contributed by atoms with Crippen LogP contribution in [0.1, 0.15) is 70.5 Å². The number of ether oxygens (including phenoxy) is 1. The molecule has 3 rings (SSSR count). The van der Waals surface area contributed by atoms with Gasteiger partial charge in [0.25, 0.3) is 0 Å². The lowest BCUT2D eigenvalue weighted by molar-refractivity contribution is -0.139. The Morgan fingerprint density at radius 2 is 2.08 bits per heavy atom. The maximum absolute atomic E-state index is 13.0. The van der Waals surface area contributed by atoms with Crippen LogP contribution in [0.25, 0.3) is 0 Å². The standard InChI is InChI=1S/C21H33N3O2/c1-3-4-6-17-8-10-18(11-9-17)21(25)24-14-5-7-19(15-24)26-20-12-13-22-16(2)23-20/h12-13,17-19H,3-11,14-15H2,1-2H3. The zero-order chi connectivity index (χ0) is 18.4. The minimum atomic E-state index is 0.0443. The molecule has 1 aliphatic heterocycles. The number of aryl methyl sites for hydroxylation is 1. The molecule has 1 aromatic rings. The van der Waals surface area contributed by atoms with E-state index >= 15 is 0 Å². The summed E-state index contributed by atoms with van der Waals surface area (Å²) in [5.74, 6) is 2.76. The lowest BCUT2D eigenvalue weighted by Crippen LogP contribution is -2.47. The second kappa shape index (κ2) is 9.33. The second-order valence-electron chi connectivity index (χ2n) is 7.97. The lowest BCUT2D eigenvalue weighted by Gasteiger charge is -2.36. The molecule has 1 aliphatic carbocycles. The molecule has 5 heteroatoms. The number of carbonyl (C=O) groups is 1. The summed E-state index contributed by atoms with van der Waals surface area (Å²) in [6.07, 6.45) is 12.3. The van der Waals surface area contributed by atoms with E-state index in [4.69, 9.17) is 4.74 Å². The van der Waals surface area contributed by atoms with Gasteiger partial charge in [-0.2, -0.15) is 4.98 Å². The molecule has 0 bridgehead atoms. The molecule has 2 aliphatic rings. The Morgan fingerprint density at radius 1 is 1.27 bits per heavy atom. The maximum atomic E-state index is 13.0. The minimum Gasteiger partial charge on any atom is -0.472 e. The monoisotopic (exact) mass is 359 g/mol. The summed E-state index contributed by atoms with van der Waals surface area (Å²) >= 11 is 0. The molecule has 1 atom stereocenters. The number of aromatic nitrogens is 2. The van der Waals surface area contributed by atoms with Crippen LogP contribution in [0.3, 0.4) is 0 Å². The van der Waals surface area contributed by atoms with Gasteiger partial charge >= 0.3 is 0 Å². The van der Waals surface area contributed by atoms with Crippen LogP contribution in [0.2, 0.25) is 0 Å². The number of hydrogen-bond donors (Lipinski definition) is 0. The summed E-state index contributed by atoms with van der Waals surface area (Å²) < 4.78 is 6.02. The van der Waals surface area contributed by atoms with Gasteiger partial charge in [0, 0.05) is 24.7 Å². The molecule has 144 valence electrons. The van der Waals surface area contributed by atoms with Crippen LogP contribution >= 0.6 is 0 Å². The molecule has 1 aromatic heterocycles. The molecule has 1 saturated carbocycles. The number of rotatable bonds is 6. The lowest BCUT2D eigenvalue weighted by atomic mass is 9.79. The third kappa shape index (κ3) is 5.18. The predicted octanol–water partition coefficient (Wildman–Crippen LogP) is 4.15. The molecule has 26 heavy (non-hydrogen) atoms. The fraction of sp³-hybridized carbons (Fsp3) is 0.762. The van der Waals surface area contributed by atoms with E-state index in [0.717, 1.165) is 38.1 Å². The highest BCUT2D eigenvalue weighted by molar-refractivity contribution is 5.79. The van der Waals surface area contributed by atoms with E-state index in [9.17, 15) is 4.79 Å². The number of nitrogens with zero attached hydrogens (tertiary/aromatic N) is 3. The average Bonchev–Trinajstić information content (AvgIpc) is 2.66. The van der Waals surface area contributed by atoms with Gasteiger partial charge < -0.3 is 9.64 Å². The first kappa shape index (κ1) is 19.1. The van der Waals surface area contributed by atoms with Crippen molar-refractivity contribution in [2.75, 3.05) is 13.1 Å². The van der Waals surface area contributed by atoms with Gasteiger partial charge in [-0.1, -0.05) is 26.2 Å². The van der Waals surface area contributed by atoms with Crippen LogP contribution in [0.4, 0.5) is 0 Å². The number of unbranched alkanes of at least 4 members (excludes halogenated alkanes) is 1. The Balaban J connectivity index is 1.49. The zero-order valence-corrected chi connectivity index (χ0v) is 16.3. The van der Waals surface area contributed by atoms with Crippen molar-refractivity contribution in [1.82, 2.24) is 14.9 Å². The first-order valence-corrected chi connectivity index (χ1v) is 10.4. The van der Waals surface area contributed by atoms with Crippen molar-refractivity contribution in [1.29, 1.82) is 0 Å². The van der Waals surface area contributed by atoms with Crippen molar-refractivity contribution in [3.05, 3.63) is 18.1 Å². The molecular weight excluding hydrogens is 326 g/mol. The third-order valence-corrected chi connectivity index (χ3v) is 5.89. The van der Waals surface area contributed by atoms with Crippen molar-refractivity contribution < 1.29 is 9.53 Å². The molecule has 2 fully saturated rings. The van der Waals surface area contributed by atoms with E-state index in [0.29, 0.717) is 24.2 Å². The Morgan fingerprint density at radius 3 is 2.81 bits per heavy atom. The number of amides is 1. The summed E-state index contributed by atoms with van der Waals surface area (Å²) in [7, 11) is 0. The molecule has 0 aromatic carbocycles. The van der Waals surface area contributed by atoms with Crippen molar-refractivity contribution >= 4 is 5.91 Å². The summed E-state index contributed by atoms with van der Waals surface area (Å²) in [4.78, 5) is 23.4. The molecular formula is C21H33N3O2. The maximum Gasteiger partial charge on any atom is 0.225 e. The van der Waals surface area contributed by atoms with Gasteiger partial charge in [-0.15, -0.1) is 0 Å². The number of piperidine rings is 1. The van der Waals surface area contributed by atoms with Gasteiger partial charge in [0.2, 0.25) is 11.8 Å². The number of hydrogen-bond acceptors (Lipinski definition) is 4. The Labute approximate surface area is 157 Å². The van der Waals surface area contributed by atoms with E-state index in [2.05, 4.69) is 16.9 Å². The smallest absolute Gasteiger partial charge is 0.225 e. The molecule has 5 nitrogen and oxygen atoms in total. The molecule has 0 spiro atoms. The van der Waals surface area contributed by atoms with Crippen LogP contribution in [-0.2, 0) is 4.79 Å². The predicted molar refractivity (Wildman–Crippen MR) is 102 cm³/mol. The van der Waals surface area contributed by atoms with Gasteiger partial charge in [0.15, 0.2) is 0 Å². The Bertz CT molecular complexity index is 584. The van der Waals surface area contributed by atoms with Crippen LogP contribution in [0.15, 0.2) is 12.3 Å².